The molecule has 1 fully saturated rings. The number of Topliss-reactive ketones (excluding diaryl/α,β-unsaturated/α-hetero) is 1. The predicted octanol–water partition coefficient (Wildman–Crippen LogP) is 5.77. The van der Waals surface area contributed by atoms with Crippen LogP contribution in [0.3, 0.4) is 0 Å². The zero-order valence-electron chi connectivity index (χ0n) is 25.7. The SMILES string of the molecule is CC(=O)[C@@H](Cc1ccccc1)NC(=O)NCc1ccc(C2O[C@H](Cn3cnc4ccccc43)C[C@H](c3ccc(CO)cc3)O2)cc1. The van der Waals surface area contributed by atoms with Crippen LogP contribution in [0, 0.1) is 0 Å². The highest BCUT2D eigenvalue weighted by atomic mass is 16.7. The number of imidazole rings is 1. The first kappa shape index (κ1) is 31.2. The maximum atomic E-state index is 12.7. The van der Waals surface area contributed by atoms with Crippen LogP contribution in [0.25, 0.3) is 11.0 Å². The molecule has 4 atom stereocenters. The van der Waals surface area contributed by atoms with E-state index in [9.17, 15) is 14.7 Å². The number of aliphatic hydroxyl groups is 1. The van der Waals surface area contributed by atoms with Gasteiger partial charge in [0.2, 0.25) is 0 Å². The van der Waals surface area contributed by atoms with Gasteiger partial charge < -0.3 is 29.8 Å². The van der Waals surface area contributed by atoms with Gasteiger partial charge in [0.05, 0.1) is 48.8 Å². The fourth-order valence-corrected chi connectivity index (χ4v) is 5.74. The van der Waals surface area contributed by atoms with Gasteiger partial charge in [-0.25, -0.2) is 9.78 Å². The number of ether oxygens (including phenoxy) is 2. The van der Waals surface area contributed by atoms with Gasteiger partial charge in [-0.3, -0.25) is 4.79 Å². The van der Waals surface area contributed by atoms with E-state index in [0.29, 0.717) is 25.9 Å². The minimum absolute atomic E-state index is 0.0122. The second-order valence-electron chi connectivity index (χ2n) is 11.7. The lowest BCUT2D eigenvalue weighted by molar-refractivity contribution is -0.252. The molecule has 1 aliphatic rings. The van der Waals surface area contributed by atoms with Crippen LogP contribution in [0.5, 0.6) is 0 Å². The summed E-state index contributed by atoms with van der Waals surface area (Å²) in [7, 11) is 0. The number of carbonyl (C=O) groups is 2. The van der Waals surface area contributed by atoms with Crippen LogP contribution in [0.1, 0.15) is 53.6 Å². The van der Waals surface area contributed by atoms with Crippen molar-refractivity contribution in [2.45, 2.75) is 64.0 Å². The van der Waals surface area contributed by atoms with Gasteiger partial charge in [-0.2, -0.15) is 0 Å². The maximum absolute atomic E-state index is 12.7. The number of hydrogen-bond acceptors (Lipinski definition) is 6. The third kappa shape index (κ3) is 7.69. The molecule has 1 saturated heterocycles. The number of nitrogens with zero attached hydrogens (tertiary/aromatic N) is 2. The molecule has 1 aliphatic heterocycles. The van der Waals surface area contributed by atoms with Gasteiger partial charge in [0.15, 0.2) is 12.1 Å². The summed E-state index contributed by atoms with van der Waals surface area (Å²) < 4.78 is 15.1. The Morgan fingerprint density at radius 2 is 1.57 bits per heavy atom. The molecular formula is C37H38N4O5. The number of aliphatic hydroxyl groups excluding tert-OH is 1. The first-order valence-corrected chi connectivity index (χ1v) is 15.5. The van der Waals surface area contributed by atoms with E-state index in [2.05, 4.69) is 26.3 Å². The molecule has 0 saturated carbocycles. The van der Waals surface area contributed by atoms with E-state index >= 15 is 0 Å². The summed E-state index contributed by atoms with van der Waals surface area (Å²) in [6.45, 7) is 2.39. The molecule has 9 nitrogen and oxygen atoms in total. The van der Waals surface area contributed by atoms with Crippen molar-refractivity contribution in [3.63, 3.8) is 0 Å². The molecule has 4 aromatic carbocycles. The molecule has 6 rings (SSSR count). The lowest BCUT2D eigenvalue weighted by Gasteiger charge is -2.36. The number of carbonyl (C=O) groups excluding carboxylic acids is 2. The highest BCUT2D eigenvalue weighted by Gasteiger charge is 2.32. The van der Waals surface area contributed by atoms with Crippen molar-refractivity contribution in [1.29, 1.82) is 0 Å². The average Bonchev–Trinajstić information content (AvgIpc) is 3.50. The third-order valence-electron chi connectivity index (χ3n) is 8.33. The van der Waals surface area contributed by atoms with Crippen molar-refractivity contribution in [2.24, 2.45) is 0 Å². The summed E-state index contributed by atoms with van der Waals surface area (Å²) >= 11 is 0. The fourth-order valence-electron chi connectivity index (χ4n) is 5.74. The summed E-state index contributed by atoms with van der Waals surface area (Å²) in [5.41, 5.74) is 6.60. The number of ketones is 1. The standard InChI is InChI=1S/C37H38N4O5/c1-25(43)33(19-26-7-3-2-4-8-26)40-37(44)38-21-27-11-17-30(18-12-27)36-45-31(22-41-24-39-32-9-5-6-10-34(32)41)20-35(46-36)29-15-13-28(23-42)14-16-29/h2-18,24,31,33,35-36,42H,19-23H2,1H3,(H2,38,40,44)/t31-,33+,35+,36?/m0/s1. The number of urea groups is 1. The van der Waals surface area contributed by atoms with E-state index in [0.717, 1.165) is 38.9 Å². The van der Waals surface area contributed by atoms with Crippen LogP contribution in [-0.2, 0) is 40.4 Å². The molecule has 2 amide bonds. The van der Waals surface area contributed by atoms with Crippen molar-refractivity contribution >= 4 is 22.8 Å². The molecular weight excluding hydrogens is 580 g/mol. The largest absolute Gasteiger partial charge is 0.392 e. The Bertz CT molecular complexity index is 1750. The van der Waals surface area contributed by atoms with E-state index in [1.807, 2.05) is 103 Å². The van der Waals surface area contributed by atoms with Crippen molar-refractivity contribution in [3.8, 4) is 0 Å². The van der Waals surface area contributed by atoms with Crippen molar-refractivity contribution in [1.82, 2.24) is 20.2 Å². The van der Waals surface area contributed by atoms with Crippen LogP contribution in [0.4, 0.5) is 4.79 Å². The number of rotatable bonds is 11. The fraction of sp³-hybridized carbons (Fsp3) is 0.270. The summed E-state index contributed by atoms with van der Waals surface area (Å²) in [5, 5.41) is 15.2. The molecule has 236 valence electrons. The van der Waals surface area contributed by atoms with Gasteiger partial charge in [0.1, 0.15) is 0 Å². The Morgan fingerprint density at radius 1 is 0.870 bits per heavy atom. The number of amides is 2. The molecule has 1 unspecified atom stereocenters. The molecule has 0 bridgehead atoms. The first-order valence-electron chi connectivity index (χ1n) is 15.5. The summed E-state index contributed by atoms with van der Waals surface area (Å²) in [4.78, 5) is 29.4. The third-order valence-corrected chi connectivity index (χ3v) is 8.33. The summed E-state index contributed by atoms with van der Waals surface area (Å²) in [6.07, 6.45) is 1.99. The highest BCUT2D eigenvalue weighted by molar-refractivity contribution is 5.87. The lowest BCUT2D eigenvalue weighted by atomic mass is 9.99. The zero-order chi connectivity index (χ0) is 31.9. The minimum Gasteiger partial charge on any atom is -0.392 e. The predicted molar refractivity (Wildman–Crippen MR) is 175 cm³/mol. The number of aromatic nitrogens is 2. The van der Waals surface area contributed by atoms with Crippen molar-refractivity contribution in [3.05, 3.63) is 137 Å². The van der Waals surface area contributed by atoms with E-state index in [1.54, 1.807) is 0 Å². The number of fused-ring (bicyclic) bond motifs is 1. The van der Waals surface area contributed by atoms with E-state index in [-0.39, 0.29) is 24.6 Å². The molecule has 0 aliphatic carbocycles. The van der Waals surface area contributed by atoms with Gasteiger partial charge in [0.25, 0.3) is 0 Å². The van der Waals surface area contributed by atoms with Crippen molar-refractivity contribution in [2.75, 3.05) is 0 Å². The Kier molecular flexibility index (Phi) is 9.83. The lowest BCUT2D eigenvalue weighted by Crippen LogP contribution is -2.46. The molecule has 2 heterocycles. The topological polar surface area (TPSA) is 115 Å². The first-order chi connectivity index (χ1) is 22.4. The average molecular weight is 619 g/mol. The molecule has 0 radical (unpaired) electrons. The molecule has 1 aromatic heterocycles. The Hall–Kier alpha value is -4.83. The summed E-state index contributed by atoms with van der Waals surface area (Å²) in [5.74, 6) is -0.0991. The van der Waals surface area contributed by atoms with Crippen LogP contribution in [0.2, 0.25) is 0 Å². The second kappa shape index (κ2) is 14.5. The normalized spacial score (nSPS) is 18.6. The zero-order valence-corrected chi connectivity index (χ0v) is 25.7. The van der Waals surface area contributed by atoms with Gasteiger partial charge in [-0.1, -0.05) is 91.0 Å². The van der Waals surface area contributed by atoms with Crippen LogP contribution >= 0.6 is 0 Å². The molecule has 9 heteroatoms. The second-order valence-corrected chi connectivity index (χ2v) is 11.7. The van der Waals surface area contributed by atoms with E-state index in [1.165, 1.54) is 6.92 Å². The Morgan fingerprint density at radius 3 is 2.30 bits per heavy atom. The Labute approximate surface area is 268 Å². The van der Waals surface area contributed by atoms with Crippen LogP contribution < -0.4 is 10.6 Å². The molecule has 5 aromatic rings. The van der Waals surface area contributed by atoms with Crippen LogP contribution in [0.15, 0.2) is 109 Å². The van der Waals surface area contributed by atoms with E-state index < -0.39 is 18.4 Å². The van der Waals surface area contributed by atoms with Gasteiger partial charge in [0, 0.05) is 18.5 Å². The number of nitrogens with one attached hydrogen (secondary N) is 2. The molecule has 46 heavy (non-hydrogen) atoms. The Balaban J connectivity index is 1.12. The van der Waals surface area contributed by atoms with Crippen molar-refractivity contribution < 1.29 is 24.2 Å². The highest BCUT2D eigenvalue weighted by Crippen LogP contribution is 2.38. The van der Waals surface area contributed by atoms with Crippen LogP contribution in [-0.4, -0.2) is 38.6 Å². The number of benzene rings is 4. The monoisotopic (exact) mass is 618 g/mol. The number of para-hydroxylation sites is 2. The number of hydrogen-bond donors (Lipinski definition) is 3. The van der Waals surface area contributed by atoms with Gasteiger partial charge in [-0.05, 0) is 47.7 Å². The summed E-state index contributed by atoms with van der Waals surface area (Å²) in [6, 6.07) is 32.3. The maximum Gasteiger partial charge on any atom is 0.315 e. The minimum atomic E-state index is -0.605. The molecule has 3 N–H and O–H groups in total. The van der Waals surface area contributed by atoms with E-state index in [4.69, 9.17) is 9.47 Å². The smallest absolute Gasteiger partial charge is 0.315 e. The molecule has 0 spiro atoms. The van der Waals surface area contributed by atoms with Gasteiger partial charge >= 0.3 is 6.03 Å². The quantitative estimate of drug-likeness (QED) is 0.173. The van der Waals surface area contributed by atoms with Gasteiger partial charge in [-0.15, -0.1) is 0 Å².